The van der Waals surface area contributed by atoms with Crippen LogP contribution >= 0.6 is 0 Å². The Morgan fingerprint density at radius 1 is 0.710 bits per heavy atom. The average Bonchev–Trinajstić information content (AvgIpc) is 3.35. The molecule has 0 fully saturated rings. The van der Waals surface area contributed by atoms with Crippen LogP contribution in [0, 0.1) is 30.6 Å². The highest BCUT2D eigenvalue weighted by molar-refractivity contribution is 5.74. The number of hydrogen-bond donors (Lipinski definition) is 0. The molecule has 4 rings (SSSR count). The first kappa shape index (κ1) is 22.5. The highest BCUT2D eigenvalue weighted by atomic mass is 14.2. The molecule has 2 aliphatic carbocycles. The van der Waals surface area contributed by atoms with Crippen molar-refractivity contribution in [1.82, 2.24) is 0 Å². The van der Waals surface area contributed by atoms with Crippen LogP contribution in [0.15, 0.2) is 71.8 Å². The molecule has 0 heteroatoms. The lowest BCUT2D eigenvalue weighted by molar-refractivity contribution is 0.934. The van der Waals surface area contributed by atoms with E-state index in [9.17, 15) is 0 Å². The van der Waals surface area contributed by atoms with E-state index >= 15 is 0 Å². The first-order valence-electron chi connectivity index (χ1n) is 11.5. The summed E-state index contributed by atoms with van der Waals surface area (Å²) in [4.78, 5) is 0. The molecule has 0 aliphatic heterocycles. The Hall–Kier alpha value is -3.22. The van der Waals surface area contributed by atoms with Gasteiger partial charge in [0.15, 0.2) is 0 Å². The van der Waals surface area contributed by atoms with Crippen LogP contribution in [0.25, 0.3) is 5.57 Å². The zero-order valence-electron chi connectivity index (χ0n) is 19.3. The number of allylic oxidation sites excluding steroid dienone is 6. The topological polar surface area (TPSA) is 0 Å². The van der Waals surface area contributed by atoms with E-state index in [-0.39, 0.29) is 0 Å². The Labute approximate surface area is 188 Å². The Morgan fingerprint density at radius 3 is 2.13 bits per heavy atom. The van der Waals surface area contributed by atoms with Gasteiger partial charge in [0.25, 0.3) is 0 Å². The minimum Gasteiger partial charge on any atom is -0.0807 e. The van der Waals surface area contributed by atoms with E-state index in [0.717, 1.165) is 42.4 Å². The first-order valence-corrected chi connectivity index (χ1v) is 11.5. The maximum Gasteiger partial charge on any atom is 0.0324 e. The van der Waals surface area contributed by atoms with Gasteiger partial charge in [-0.05, 0) is 87.4 Å². The smallest absolute Gasteiger partial charge is 0.0324 e. The molecule has 2 aromatic carbocycles. The molecule has 0 heterocycles. The number of benzene rings is 2. The van der Waals surface area contributed by atoms with Crippen molar-refractivity contribution >= 4 is 5.57 Å². The molecule has 2 aromatic rings. The van der Waals surface area contributed by atoms with Crippen molar-refractivity contribution in [3.05, 3.63) is 99.7 Å². The fraction of sp³-hybridized carbons (Fsp3) is 0.290. The molecular weight excluding hydrogens is 372 g/mol. The maximum atomic E-state index is 3.45. The molecule has 0 atom stereocenters. The number of rotatable bonds is 1. The van der Waals surface area contributed by atoms with Gasteiger partial charge in [0.1, 0.15) is 0 Å². The summed E-state index contributed by atoms with van der Waals surface area (Å²) >= 11 is 0. The number of hydrogen-bond acceptors (Lipinski definition) is 0. The summed E-state index contributed by atoms with van der Waals surface area (Å²) in [7, 11) is 0. The van der Waals surface area contributed by atoms with Gasteiger partial charge in [-0.2, -0.15) is 0 Å². The van der Waals surface area contributed by atoms with Gasteiger partial charge in [0.2, 0.25) is 0 Å². The van der Waals surface area contributed by atoms with Crippen molar-refractivity contribution in [2.75, 3.05) is 0 Å². The van der Waals surface area contributed by atoms with Gasteiger partial charge in [-0.25, -0.2) is 0 Å². The maximum absolute atomic E-state index is 3.45. The lowest BCUT2D eigenvalue weighted by atomic mass is 9.95. The van der Waals surface area contributed by atoms with E-state index in [2.05, 4.69) is 98.2 Å². The summed E-state index contributed by atoms with van der Waals surface area (Å²) < 4.78 is 0. The molecule has 0 nitrogen and oxygen atoms in total. The van der Waals surface area contributed by atoms with Crippen LogP contribution < -0.4 is 0 Å². The summed E-state index contributed by atoms with van der Waals surface area (Å²) in [6.45, 7) is 8.28. The summed E-state index contributed by atoms with van der Waals surface area (Å²) in [6.07, 6.45) is 12.4. The normalized spacial score (nSPS) is 14.5. The van der Waals surface area contributed by atoms with Crippen molar-refractivity contribution < 1.29 is 0 Å². The predicted octanol–water partition coefficient (Wildman–Crippen LogP) is 8.01. The molecule has 0 unspecified atom stereocenters. The largest absolute Gasteiger partial charge is 0.0807 e. The lowest BCUT2D eigenvalue weighted by Gasteiger charge is -2.08. The fourth-order valence-electron chi connectivity index (χ4n) is 3.69. The molecule has 0 saturated carbocycles. The molecule has 0 spiro atoms. The molecule has 0 bridgehead atoms. The van der Waals surface area contributed by atoms with E-state index in [0.29, 0.717) is 0 Å². The molecule has 156 valence electrons. The van der Waals surface area contributed by atoms with Crippen molar-refractivity contribution in [3.8, 4) is 23.7 Å². The molecule has 0 amide bonds. The van der Waals surface area contributed by atoms with Crippen LogP contribution in [0.1, 0.15) is 80.7 Å². The summed E-state index contributed by atoms with van der Waals surface area (Å²) in [6, 6.07) is 14.8. The molecule has 31 heavy (non-hydrogen) atoms. The van der Waals surface area contributed by atoms with Crippen molar-refractivity contribution in [1.29, 1.82) is 0 Å². The Morgan fingerprint density at radius 2 is 1.45 bits per heavy atom. The average molecular weight is 405 g/mol. The van der Waals surface area contributed by atoms with E-state index in [4.69, 9.17) is 0 Å². The van der Waals surface area contributed by atoms with Crippen LogP contribution in [0.5, 0.6) is 0 Å². The van der Waals surface area contributed by atoms with Crippen LogP contribution in [-0.2, 0) is 0 Å². The SMILES string of the molecule is CC.CC1=CC=C(C#Cc2ccc(C#Cc3ccc(C)cc3)cc2C2=CCCC2)CC1. The van der Waals surface area contributed by atoms with Gasteiger partial charge in [-0.3, -0.25) is 0 Å². The third-order valence-electron chi connectivity index (χ3n) is 5.52. The molecule has 0 N–H and O–H groups in total. The molecule has 0 radical (unpaired) electrons. The molecular formula is C31H32. The quantitative estimate of drug-likeness (QED) is 0.422. The van der Waals surface area contributed by atoms with Gasteiger partial charge in [-0.1, -0.05) is 79.0 Å². The van der Waals surface area contributed by atoms with E-state index < -0.39 is 0 Å². The Balaban J connectivity index is 0.00000132. The van der Waals surface area contributed by atoms with Gasteiger partial charge >= 0.3 is 0 Å². The Bertz CT molecular complexity index is 1130. The Kier molecular flexibility index (Phi) is 8.15. The van der Waals surface area contributed by atoms with Gasteiger partial charge in [-0.15, -0.1) is 0 Å². The van der Waals surface area contributed by atoms with Gasteiger partial charge in [0, 0.05) is 22.3 Å². The second kappa shape index (κ2) is 11.2. The van der Waals surface area contributed by atoms with Crippen molar-refractivity contribution in [3.63, 3.8) is 0 Å². The second-order valence-electron chi connectivity index (χ2n) is 7.95. The monoisotopic (exact) mass is 404 g/mol. The minimum atomic E-state index is 1.05. The molecule has 2 aliphatic rings. The van der Waals surface area contributed by atoms with Crippen molar-refractivity contribution in [2.24, 2.45) is 0 Å². The summed E-state index contributed by atoms with van der Waals surface area (Å²) in [5, 5.41) is 0. The highest BCUT2D eigenvalue weighted by Crippen LogP contribution is 2.30. The fourth-order valence-corrected chi connectivity index (χ4v) is 3.69. The predicted molar refractivity (Wildman–Crippen MR) is 135 cm³/mol. The van der Waals surface area contributed by atoms with Crippen LogP contribution in [-0.4, -0.2) is 0 Å². The summed E-state index contributed by atoms with van der Waals surface area (Å²) in [5.74, 6) is 13.5. The first-order chi connectivity index (χ1) is 15.2. The number of aryl methyl sites for hydroxylation is 1. The molecule has 0 saturated heterocycles. The van der Waals surface area contributed by atoms with E-state index in [1.165, 1.54) is 34.3 Å². The summed E-state index contributed by atoms with van der Waals surface area (Å²) in [5.41, 5.74) is 9.81. The third-order valence-corrected chi connectivity index (χ3v) is 5.52. The standard InChI is InChI=1S/C29H26.C2H6/c1-22-7-11-24(12-8-22)15-16-26-18-20-28(29(21-26)27-5-3-4-6-27)19-17-25-13-9-23(2)10-14-25;1-2/h5,7-9,11-13,18,20-21H,3-4,6,10,14H2,1-2H3;1-2H3. The lowest BCUT2D eigenvalue weighted by Crippen LogP contribution is -1.92. The van der Waals surface area contributed by atoms with Crippen LogP contribution in [0.3, 0.4) is 0 Å². The zero-order valence-corrected chi connectivity index (χ0v) is 19.3. The van der Waals surface area contributed by atoms with E-state index in [1.54, 1.807) is 0 Å². The molecule has 0 aromatic heterocycles. The second-order valence-corrected chi connectivity index (χ2v) is 7.95. The highest BCUT2D eigenvalue weighted by Gasteiger charge is 2.11. The van der Waals surface area contributed by atoms with Crippen LogP contribution in [0.4, 0.5) is 0 Å². The third kappa shape index (κ3) is 6.38. The minimum absolute atomic E-state index is 1.05. The van der Waals surface area contributed by atoms with Crippen molar-refractivity contribution in [2.45, 2.75) is 59.8 Å². The van der Waals surface area contributed by atoms with E-state index in [1.807, 2.05) is 13.8 Å². The van der Waals surface area contributed by atoms with Gasteiger partial charge in [0.05, 0.1) is 0 Å². The van der Waals surface area contributed by atoms with Gasteiger partial charge < -0.3 is 0 Å². The zero-order chi connectivity index (χ0) is 22.1. The van der Waals surface area contributed by atoms with Crippen LogP contribution in [0.2, 0.25) is 0 Å².